The number of rotatable bonds is 6. The quantitative estimate of drug-likeness (QED) is 0.620. The highest BCUT2D eigenvalue weighted by atomic mass is 16.5. The fraction of sp³-hybridized carbons (Fsp3) is 0.889. The van der Waals surface area contributed by atoms with Crippen molar-refractivity contribution in [1.82, 2.24) is 5.32 Å². The van der Waals surface area contributed by atoms with Crippen LogP contribution in [0.3, 0.4) is 0 Å². The van der Waals surface area contributed by atoms with Crippen molar-refractivity contribution in [3.05, 3.63) is 0 Å². The smallest absolute Gasteiger partial charge is 0.320 e. The number of methoxy groups -OCH3 is 1. The van der Waals surface area contributed by atoms with Crippen molar-refractivity contribution >= 4 is 5.97 Å². The van der Waals surface area contributed by atoms with Gasteiger partial charge in [0.1, 0.15) is 0 Å². The molecule has 0 aromatic heterocycles. The minimum absolute atomic E-state index is 0.0490. The number of carbonyl (C=O) groups is 1. The molecule has 0 heterocycles. The summed E-state index contributed by atoms with van der Waals surface area (Å²) in [6.07, 6.45) is -0.0490. The Bertz CT molecular complexity index is 148. The lowest BCUT2D eigenvalue weighted by Gasteiger charge is -2.13. The minimum atomic E-state index is -0.224. The second-order valence-corrected chi connectivity index (χ2v) is 3.28. The molecule has 0 spiro atoms. The van der Waals surface area contributed by atoms with Crippen molar-refractivity contribution in [2.75, 3.05) is 20.3 Å². The van der Waals surface area contributed by atoms with E-state index < -0.39 is 0 Å². The first-order chi connectivity index (χ1) is 6.06. The number of esters is 1. The molecule has 0 aliphatic heterocycles. The zero-order valence-electron chi connectivity index (χ0n) is 8.79. The maximum Gasteiger partial charge on any atom is 0.320 e. The number of carbonyl (C=O) groups excluding carboxylic acids is 1. The molecule has 0 bridgehead atoms. The third kappa shape index (κ3) is 7.74. The van der Waals surface area contributed by atoms with Crippen LogP contribution in [0.15, 0.2) is 0 Å². The van der Waals surface area contributed by atoms with Gasteiger partial charge in [0.2, 0.25) is 0 Å². The SMILES string of the molecule is COCC(C)NCC(=O)OC(C)C. The molecule has 0 radical (unpaired) electrons. The Labute approximate surface area is 79.6 Å². The molecule has 0 aliphatic carbocycles. The van der Waals surface area contributed by atoms with Crippen LogP contribution in [-0.2, 0) is 14.3 Å². The molecule has 0 saturated heterocycles. The van der Waals surface area contributed by atoms with Gasteiger partial charge in [-0.2, -0.15) is 0 Å². The van der Waals surface area contributed by atoms with Crippen LogP contribution in [0.25, 0.3) is 0 Å². The molecule has 0 rings (SSSR count). The molecule has 1 N–H and O–H groups in total. The van der Waals surface area contributed by atoms with Gasteiger partial charge >= 0.3 is 5.97 Å². The van der Waals surface area contributed by atoms with E-state index in [4.69, 9.17) is 9.47 Å². The summed E-state index contributed by atoms with van der Waals surface area (Å²) >= 11 is 0. The van der Waals surface area contributed by atoms with Gasteiger partial charge in [0.05, 0.1) is 19.3 Å². The summed E-state index contributed by atoms with van der Waals surface area (Å²) < 4.78 is 9.84. The molecule has 4 nitrogen and oxygen atoms in total. The molecule has 13 heavy (non-hydrogen) atoms. The van der Waals surface area contributed by atoms with Gasteiger partial charge in [-0.15, -0.1) is 0 Å². The monoisotopic (exact) mass is 189 g/mol. The highest BCUT2D eigenvalue weighted by Crippen LogP contribution is 1.88. The largest absolute Gasteiger partial charge is 0.462 e. The fourth-order valence-corrected chi connectivity index (χ4v) is 0.871. The van der Waals surface area contributed by atoms with Crippen LogP contribution in [0.2, 0.25) is 0 Å². The van der Waals surface area contributed by atoms with E-state index >= 15 is 0 Å². The van der Waals surface area contributed by atoms with Crippen molar-refractivity contribution in [2.45, 2.75) is 32.9 Å². The first kappa shape index (κ1) is 12.4. The summed E-state index contributed by atoms with van der Waals surface area (Å²) in [6, 6.07) is 0.171. The second kappa shape index (κ2) is 6.86. The first-order valence-corrected chi connectivity index (χ1v) is 4.48. The predicted molar refractivity (Wildman–Crippen MR) is 50.6 cm³/mol. The lowest BCUT2D eigenvalue weighted by Crippen LogP contribution is -2.35. The molecule has 1 atom stereocenters. The van der Waals surface area contributed by atoms with Crippen LogP contribution in [-0.4, -0.2) is 38.4 Å². The van der Waals surface area contributed by atoms with Gasteiger partial charge in [0, 0.05) is 13.2 Å². The first-order valence-electron chi connectivity index (χ1n) is 4.48. The molecular formula is C9H19NO3. The van der Waals surface area contributed by atoms with Crippen molar-refractivity contribution in [2.24, 2.45) is 0 Å². The lowest BCUT2D eigenvalue weighted by atomic mass is 10.3. The maximum absolute atomic E-state index is 11.0. The van der Waals surface area contributed by atoms with E-state index in [1.165, 1.54) is 0 Å². The molecular weight excluding hydrogens is 170 g/mol. The molecule has 0 aromatic carbocycles. The second-order valence-electron chi connectivity index (χ2n) is 3.28. The lowest BCUT2D eigenvalue weighted by molar-refractivity contribution is -0.146. The fourth-order valence-electron chi connectivity index (χ4n) is 0.871. The Balaban J connectivity index is 3.46. The molecule has 0 saturated carbocycles. The summed E-state index contributed by atoms with van der Waals surface area (Å²) in [5, 5.41) is 2.99. The Morgan fingerprint density at radius 3 is 2.46 bits per heavy atom. The van der Waals surface area contributed by atoms with Crippen LogP contribution in [0.5, 0.6) is 0 Å². The van der Waals surface area contributed by atoms with Gasteiger partial charge < -0.3 is 14.8 Å². The predicted octanol–water partition coefficient (Wildman–Crippen LogP) is 0.562. The van der Waals surface area contributed by atoms with E-state index in [0.717, 1.165) is 0 Å². The Morgan fingerprint density at radius 2 is 2.00 bits per heavy atom. The Kier molecular flexibility index (Phi) is 6.54. The average molecular weight is 189 g/mol. The van der Waals surface area contributed by atoms with Crippen molar-refractivity contribution in [1.29, 1.82) is 0 Å². The van der Waals surface area contributed by atoms with E-state index in [1.54, 1.807) is 7.11 Å². The normalized spacial score (nSPS) is 13.0. The van der Waals surface area contributed by atoms with Crippen molar-refractivity contribution in [3.8, 4) is 0 Å². The van der Waals surface area contributed by atoms with Gasteiger partial charge in [-0.3, -0.25) is 4.79 Å². The number of ether oxygens (including phenoxy) is 2. The van der Waals surface area contributed by atoms with Gasteiger partial charge in [-0.05, 0) is 20.8 Å². The molecule has 0 fully saturated rings. The molecule has 0 aliphatic rings. The van der Waals surface area contributed by atoms with Crippen LogP contribution >= 0.6 is 0 Å². The van der Waals surface area contributed by atoms with E-state index in [2.05, 4.69) is 5.32 Å². The summed E-state index contributed by atoms with van der Waals surface area (Å²) in [7, 11) is 1.63. The zero-order chi connectivity index (χ0) is 10.3. The average Bonchev–Trinajstić information content (AvgIpc) is 2.00. The molecule has 0 amide bonds. The molecule has 1 unspecified atom stereocenters. The number of hydrogen-bond acceptors (Lipinski definition) is 4. The van der Waals surface area contributed by atoms with Crippen molar-refractivity contribution in [3.63, 3.8) is 0 Å². The van der Waals surface area contributed by atoms with E-state index in [0.29, 0.717) is 6.61 Å². The summed E-state index contributed by atoms with van der Waals surface area (Å²) in [4.78, 5) is 11.0. The molecule has 4 heteroatoms. The van der Waals surface area contributed by atoms with Crippen LogP contribution < -0.4 is 5.32 Å². The van der Waals surface area contributed by atoms with E-state index in [9.17, 15) is 4.79 Å². The van der Waals surface area contributed by atoms with E-state index in [1.807, 2.05) is 20.8 Å². The summed E-state index contributed by atoms with van der Waals surface area (Å²) in [5.41, 5.74) is 0. The summed E-state index contributed by atoms with van der Waals surface area (Å²) in [6.45, 7) is 6.44. The van der Waals surface area contributed by atoms with Gasteiger partial charge in [0.15, 0.2) is 0 Å². The van der Waals surface area contributed by atoms with Gasteiger partial charge in [-0.25, -0.2) is 0 Å². The third-order valence-corrected chi connectivity index (χ3v) is 1.38. The van der Waals surface area contributed by atoms with Crippen LogP contribution in [0, 0.1) is 0 Å². The van der Waals surface area contributed by atoms with Crippen molar-refractivity contribution < 1.29 is 14.3 Å². The van der Waals surface area contributed by atoms with Crippen LogP contribution in [0.4, 0.5) is 0 Å². The zero-order valence-corrected chi connectivity index (χ0v) is 8.79. The summed E-state index contributed by atoms with van der Waals surface area (Å²) in [5.74, 6) is -0.224. The maximum atomic E-state index is 11.0. The molecule has 78 valence electrons. The standard InChI is InChI=1S/C9H19NO3/c1-7(2)13-9(11)5-10-8(3)6-12-4/h7-8,10H,5-6H2,1-4H3. The highest BCUT2D eigenvalue weighted by Gasteiger charge is 2.07. The van der Waals surface area contributed by atoms with Crippen LogP contribution in [0.1, 0.15) is 20.8 Å². The topological polar surface area (TPSA) is 47.6 Å². The van der Waals surface area contributed by atoms with Gasteiger partial charge in [-0.1, -0.05) is 0 Å². The van der Waals surface area contributed by atoms with E-state index in [-0.39, 0.29) is 24.7 Å². The van der Waals surface area contributed by atoms with Gasteiger partial charge in [0.25, 0.3) is 0 Å². The highest BCUT2D eigenvalue weighted by molar-refractivity contribution is 5.71. The number of nitrogens with one attached hydrogen (secondary N) is 1. The molecule has 0 aromatic rings. The minimum Gasteiger partial charge on any atom is -0.462 e. The Morgan fingerprint density at radius 1 is 1.38 bits per heavy atom. The third-order valence-electron chi connectivity index (χ3n) is 1.38. The number of hydrogen-bond donors (Lipinski definition) is 1. The Hall–Kier alpha value is -0.610.